The molecule has 3 aliphatic rings. The van der Waals surface area contributed by atoms with E-state index >= 15 is 0 Å². The normalized spacial score (nSPS) is 25.1. The Balaban J connectivity index is 1.41. The minimum absolute atomic E-state index is 0.000834. The number of carbonyl (C=O) groups is 1. The van der Waals surface area contributed by atoms with Crippen LogP contribution in [0.5, 0.6) is 11.8 Å². The highest BCUT2D eigenvalue weighted by Gasteiger charge is 2.51. The van der Waals surface area contributed by atoms with Crippen LogP contribution in [0.15, 0.2) is 12.1 Å². The highest BCUT2D eigenvalue weighted by atomic mass is 16.5. The van der Waals surface area contributed by atoms with Crippen molar-refractivity contribution < 1.29 is 19.0 Å². The molecule has 0 bridgehead atoms. The van der Waals surface area contributed by atoms with Crippen LogP contribution >= 0.6 is 0 Å². The fraction of sp³-hybridized carbons (Fsp3) is 0.700. The highest BCUT2D eigenvalue weighted by molar-refractivity contribution is 5.96. The molecule has 1 unspecified atom stereocenters. The lowest BCUT2D eigenvalue weighted by Gasteiger charge is -2.58. The van der Waals surface area contributed by atoms with Gasteiger partial charge in [0.25, 0.3) is 5.91 Å². The van der Waals surface area contributed by atoms with Crippen molar-refractivity contribution in [3.05, 3.63) is 17.7 Å². The number of carbonyl (C=O) groups excluding carboxylic acids is 1. The first kappa shape index (κ1) is 18.5. The van der Waals surface area contributed by atoms with Crippen LogP contribution in [0.2, 0.25) is 0 Å². The Morgan fingerprint density at radius 3 is 2.44 bits per heavy atom. The van der Waals surface area contributed by atoms with Crippen LogP contribution in [0.4, 0.5) is 0 Å². The molecule has 2 aliphatic heterocycles. The molecule has 1 aromatic rings. The van der Waals surface area contributed by atoms with E-state index < -0.39 is 0 Å². The average molecular weight is 375 g/mol. The Morgan fingerprint density at radius 1 is 1.11 bits per heavy atom. The molecule has 1 aromatic heterocycles. The number of methoxy groups -OCH3 is 2. The van der Waals surface area contributed by atoms with Crippen molar-refractivity contribution in [1.29, 1.82) is 0 Å². The van der Waals surface area contributed by atoms with Crippen LogP contribution in [0.1, 0.15) is 36.0 Å². The summed E-state index contributed by atoms with van der Waals surface area (Å²) in [6.45, 7) is 5.39. The zero-order valence-corrected chi connectivity index (χ0v) is 16.3. The zero-order valence-electron chi connectivity index (χ0n) is 16.3. The number of piperidine rings is 1. The largest absolute Gasteiger partial charge is 0.481 e. The molecule has 1 aliphatic carbocycles. The highest BCUT2D eigenvalue weighted by Crippen LogP contribution is 2.51. The van der Waals surface area contributed by atoms with Gasteiger partial charge in [0.2, 0.25) is 11.8 Å². The van der Waals surface area contributed by atoms with Gasteiger partial charge in [0, 0.05) is 38.3 Å². The Morgan fingerprint density at radius 2 is 1.85 bits per heavy atom. The number of ether oxygens (including phenoxy) is 3. The Hall–Kier alpha value is -1.86. The van der Waals surface area contributed by atoms with Crippen molar-refractivity contribution >= 4 is 5.91 Å². The summed E-state index contributed by atoms with van der Waals surface area (Å²) in [5.41, 5.74) is 0.892. The second-order valence-electron chi connectivity index (χ2n) is 7.77. The van der Waals surface area contributed by atoms with Crippen LogP contribution < -0.4 is 9.47 Å². The fourth-order valence-corrected chi connectivity index (χ4v) is 4.90. The van der Waals surface area contributed by atoms with Crippen molar-refractivity contribution in [1.82, 2.24) is 14.8 Å². The topological polar surface area (TPSA) is 64.1 Å². The number of pyridine rings is 1. The molecule has 7 nitrogen and oxygen atoms in total. The van der Waals surface area contributed by atoms with E-state index in [9.17, 15) is 4.79 Å². The van der Waals surface area contributed by atoms with Gasteiger partial charge in [-0.25, -0.2) is 0 Å². The summed E-state index contributed by atoms with van der Waals surface area (Å²) in [4.78, 5) is 21.8. The van der Waals surface area contributed by atoms with E-state index in [1.807, 2.05) is 4.90 Å². The number of morpholine rings is 1. The van der Waals surface area contributed by atoms with Gasteiger partial charge in [-0.05, 0) is 37.2 Å². The van der Waals surface area contributed by atoms with Crippen molar-refractivity contribution in [2.75, 3.05) is 53.6 Å². The molecule has 3 heterocycles. The monoisotopic (exact) mass is 375 g/mol. The molecule has 3 fully saturated rings. The van der Waals surface area contributed by atoms with Gasteiger partial charge in [-0.1, -0.05) is 0 Å². The third kappa shape index (κ3) is 3.38. The van der Waals surface area contributed by atoms with Gasteiger partial charge in [0.1, 0.15) is 5.56 Å². The van der Waals surface area contributed by atoms with Crippen molar-refractivity contribution in [2.45, 2.75) is 31.7 Å². The third-order valence-corrected chi connectivity index (χ3v) is 6.62. The van der Waals surface area contributed by atoms with Crippen LogP contribution in [0, 0.1) is 5.41 Å². The summed E-state index contributed by atoms with van der Waals surface area (Å²) >= 11 is 0. The fourth-order valence-electron chi connectivity index (χ4n) is 4.90. The smallest absolute Gasteiger partial charge is 0.259 e. The zero-order chi connectivity index (χ0) is 18.9. The lowest BCUT2D eigenvalue weighted by molar-refractivity contribution is -0.0937. The van der Waals surface area contributed by atoms with Gasteiger partial charge >= 0.3 is 0 Å². The second-order valence-corrected chi connectivity index (χ2v) is 7.77. The number of aromatic nitrogens is 1. The van der Waals surface area contributed by atoms with E-state index in [0.717, 1.165) is 52.2 Å². The van der Waals surface area contributed by atoms with E-state index in [1.54, 1.807) is 19.2 Å². The molecule has 1 amide bonds. The van der Waals surface area contributed by atoms with E-state index in [-0.39, 0.29) is 5.91 Å². The standard InChI is InChI=1S/C20H29N3O4/c1-25-17-4-3-15(18(21-17)26-2)19(24)23-9-7-20(8-10-23)6-5-16(20)22-11-13-27-14-12-22/h3-4,16H,5-14H2,1-2H3. The van der Waals surface area contributed by atoms with Crippen LogP contribution in [-0.2, 0) is 4.74 Å². The van der Waals surface area contributed by atoms with Crippen LogP contribution in [-0.4, -0.2) is 80.3 Å². The summed E-state index contributed by atoms with van der Waals surface area (Å²) in [7, 11) is 3.09. The lowest BCUT2D eigenvalue weighted by Crippen LogP contribution is -2.61. The predicted molar refractivity (Wildman–Crippen MR) is 100 cm³/mol. The molecule has 27 heavy (non-hydrogen) atoms. The van der Waals surface area contributed by atoms with Crippen molar-refractivity contribution in [2.24, 2.45) is 5.41 Å². The Bertz CT molecular complexity index is 682. The quantitative estimate of drug-likeness (QED) is 0.800. The molecule has 4 rings (SSSR count). The first-order chi connectivity index (χ1) is 13.2. The molecule has 0 aromatic carbocycles. The van der Waals surface area contributed by atoms with Crippen LogP contribution in [0.25, 0.3) is 0 Å². The molecule has 1 spiro atoms. The number of rotatable bonds is 4. The molecule has 1 atom stereocenters. The summed E-state index contributed by atoms with van der Waals surface area (Å²) < 4.78 is 15.9. The van der Waals surface area contributed by atoms with Gasteiger partial charge in [0.05, 0.1) is 27.4 Å². The number of nitrogens with zero attached hydrogens (tertiary/aromatic N) is 3. The summed E-state index contributed by atoms with van der Waals surface area (Å²) in [6, 6.07) is 4.12. The van der Waals surface area contributed by atoms with E-state index in [0.29, 0.717) is 28.8 Å². The van der Waals surface area contributed by atoms with Gasteiger partial charge in [0.15, 0.2) is 0 Å². The Labute approximate surface area is 160 Å². The number of amides is 1. The first-order valence-electron chi connectivity index (χ1n) is 9.87. The maximum Gasteiger partial charge on any atom is 0.259 e. The van der Waals surface area contributed by atoms with Gasteiger partial charge < -0.3 is 19.1 Å². The Kier molecular flexibility index (Phi) is 5.23. The van der Waals surface area contributed by atoms with E-state index in [2.05, 4.69) is 9.88 Å². The number of likely N-dealkylation sites (tertiary alicyclic amines) is 1. The molecule has 0 N–H and O–H groups in total. The predicted octanol–water partition coefficient (Wildman–Crippen LogP) is 1.82. The minimum Gasteiger partial charge on any atom is -0.481 e. The summed E-state index contributed by atoms with van der Waals surface area (Å²) in [5, 5.41) is 0. The maximum absolute atomic E-state index is 13.0. The third-order valence-electron chi connectivity index (χ3n) is 6.62. The second kappa shape index (κ2) is 7.64. The average Bonchev–Trinajstić information content (AvgIpc) is 2.72. The molecule has 1 saturated carbocycles. The summed E-state index contributed by atoms with van der Waals surface area (Å²) in [6.07, 6.45) is 4.72. The van der Waals surface area contributed by atoms with Crippen LogP contribution in [0.3, 0.4) is 0 Å². The van der Waals surface area contributed by atoms with Gasteiger partial charge in [-0.15, -0.1) is 0 Å². The number of hydrogen-bond acceptors (Lipinski definition) is 6. The lowest BCUT2D eigenvalue weighted by atomic mass is 9.58. The molecule has 0 radical (unpaired) electrons. The summed E-state index contributed by atoms with van der Waals surface area (Å²) in [5.74, 6) is 0.775. The van der Waals surface area contributed by atoms with E-state index in [1.165, 1.54) is 20.0 Å². The minimum atomic E-state index is -0.000834. The molecular weight excluding hydrogens is 346 g/mol. The SMILES string of the molecule is COc1ccc(C(=O)N2CCC3(CCC3N3CCOCC3)CC2)c(OC)n1. The number of hydrogen-bond donors (Lipinski definition) is 0. The molecular formula is C20H29N3O4. The van der Waals surface area contributed by atoms with Gasteiger partial charge in [-0.3, -0.25) is 9.69 Å². The molecule has 7 heteroatoms. The first-order valence-corrected chi connectivity index (χ1v) is 9.87. The maximum atomic E-state index is 13.0. The molecule has 148 valence electrons. The molecule has 2 saturated heterocycles. The van der Waals surface area contributed by atoms with Crippen molar-refractivity contribution in [3.63, 3.8) is 0 Å². The van der Waals surface area contributed by atoms with Gasteiger partial charge in [-0.2, -0.15) is 4.98 Å². The van der Waals surface area contributed by atoms with Crippen molar-refractivity contribution in [3.8, 4) is 11.8 Å². The van der Waals surface area contributed by atoms with E-state index in [4.69, 9.17) is 14.2 Å².